The normalized spacial score (nSPS) is 11.9. The first kappa shape index (κ1) is 28.0. The van der Waals surface area contributed by atoms with Crippen molar-refractivity contribution in [2.24, 2.45) is 0 Å². The Hall–Kier alpha value is -6.84. The number of hydrogen-bond donors (Lipinski definition) is 0. The minimum atomic E-state index is 1.15. The molecule has 51 heavy (non-hydrogen) atoms. The zero-order valence-electron chi connectivity index (χ0n) is 27.7. The Morgan fingerprint density at radius 1 is 0.255 bits per heavy atom. The summed E-state index contributed by atoms with van der Waals surface area (Å²) < 4.78 is 7.28. The molecule has 0 bridgehead atoms. The monoisotopic (exact) mass is 649 g/mol. The first-order valence-corrected chi connectivity index (χ1v) is 17.5. The SMILES string of the molecule is c1ccc(-n2c3ccccc3c3c2ccc2c4ccc(-c5cccc(-n6c7ccccc7c7ccccc76)c5)cc4n(-c4ccccc4)c23)cc1. The fraction of sp³-hybridized carbons (Fsp3) is 0. The molecule has 8 aromatic carbocycles. The smallest absolute Gasteiger partial charge is 0.0641 e. The van der Waals surface area contributed by atoms with Crippen molar-refractivity contribution in [3.8, 4) is 28.2 Å². The van der Waals surface area contributed by atoms with Crippen molar-refractivity contribution in [3.05, 3.63) is 188 Å². The second kappa shape index (κ2) is 10.8. The standard InChI is InChI=1S/C48H31N3/c1-3-15-34(16-4-1)49-44-25-12-9-22-41(44)47-45(49)29-28-40-39-27-26-33(31-46(39)51(48(40)47)35-17-5-2-6-18-35)32-14-13-19-36(30-32)50-42-23-10-7-20-37(42)38-21-8-11-24-43(38)50/h1-31H. The van der Waals surface area contributed by atoms with Crippen molar-refractivity contribution in [1.82, 2.24) is 13.7 Å². The molecular formula is C48H31N3. The van der Waals surface area contributed by atoms with Gasteiger partial charge < -0.3 is 13.7 Å². The van der Waals surface area contributed by atoms with E-state index < -0.39 is 0 Å². The van der Waals surface area contributed by atoms with E-state index in [0.29, 0.717) is 0 Å². The molecule has 3 aromatic heterocycles. The molecule has 0 atom stereocenters. The number of benzene rings is 8. The van der Waals surface area contributed by atoms with E-state index >= 15 is 0 Å². The second-order valence-corrected chi connectivity index (χ2v) is 13.4. The third-order valence-corrected chi connectivity index (χ3v) is 10.6. The number of para-hydroxylation sites is 5. The summed E-state index contributed by atoms with van der Waals surface area (Å²) in [6.07, 6.45) is 0. The Kier molecular flexibility index (Phi) is 5.96. The average molecular weight is 650 g/mol. The van der Waals surface area contributed by atoms with Crippen LogP contribution in [0.4, 0.5) is 0 Å². The maximum Gasteiger partial charge on any atom is 0.0641 e. The molecule has 3 heteroatoms. The van der Waals surface area contributed by atoms with Crippen molar-refractivity contribution in [2.75, 3.05) is 0 Å². The molecule has 0 fully saturated rings. The lowest BCUT2D eigenvalue weighted by Crippen LogP contribution is -1.95. The molecule has 3 heterocycles. The Bertz CT molecular complexity index is 3070. The first-order chi connectivity index (χ1) is 25.3. The van der Waals surface area contributed by atoms with Crippen LogP contribution >= 0.6 is 0 Å². The lowest BCUT2D eigenvalue weighted by Gasteiger charge is -2.12. The van der Waals surface area contributed by atoms with Gasteiger partial charge in [0.25, 0.3) is 0 Å². The van der Waals surface area contributed by atoms with Crippen LogP contribution in [0.5, 0.6) is 0 Å². The third kappa shape index (κ3) is 4.06. The van der Waals surface area contributed by atoms with Gasteiger partial charge in [0.05, 0.1) is 33.1 Å². The van der Waals surface area contributed by atoms with Gasteiger partial charge in [-0.25, -0.2) is 0 Å². The zero-order chi connectivity index (χ0) is 33.5. The largest absolute Gasteiger partial charge is 0.309 e. The van der Waals surface area contributed by atoms with Gasteiger partial charge in [0, 0.05) is 49.4 Å². The average Bonchev–Trinajstić information content (AvgIpc) is 3.84. The number of fused-ring (bicyclic) bond motifs is 10. The van der Waals surface area contributed by atoms with Crippen LogP contribution in [-0.2, 0) is 0 Å². The summed E-state index contributed by atoms with van der Waals surface area (Å²) in [5, 5.41) is 7.56. The minimum absolute atomic E-state index is 1.15. The molecule has 0 aliphatic heterocycles. The molecule has 11 rings (SSSR count). The highest BCUT2D eigenvalue weighted by molar-refractivity contribution is 6.26. The number of rotatable bonds is 4. The highest BCUT2D eigenvalue weighted by Crippen LogP contribution is 2.43. The summed E-state index contributed by atoms with van der Waals surface area (Å²) in [6.45, 7) is 0. The third-order valence-electron chi connectivity index (χ3n) is 10.6. The molecule has 238 valence electrons. The fourth-order valence-electron chi connectivity index (χ4n) is 8.46. The van der Waals surface area contributed by atoms with Gasteiger partial charge in [-0.05, 0) is 77.9 Å². The lowest BCUT2D eigenvalue weighted by molar-refractivity contribution is 1.17. The van der Waals surface area contributed by atoms with E-state index in [1.54, 1.807) is 0 Å². The quantitative estimate of drug-likeness (QED) is 0.180. The summed E-state index contributed by atoms with van der Waals surface area (Å²) >= 11 is 0. The van der Waals surface area contributed by atoms with E-state index in [0.717, 1.165) is 17.1 Å². The van der Waals surface area contributed by atoms with Crippen molar-refractivity contribution in [1.29, 1.82) is 0 Å². The highest BCUT2D eigenvalue weighted by Gasteiger charge is 2.21. The summed E-state index contributed by atoms with van der Waals surface area (Å²) in [4.78, 5) is 0. The summed E-state index contributed by atoms with van der Waals surface area (Å²) in [5.74, 6) is 0. The summed E-state index contributed by atoms with van der Waals surface area (Å²) in [6, 6.07) is 68.4. The lowest BCUT2D eigenvalue weighted by atomic mass is 10.0. The van der Waals surface area contributed by atoms with Gasteiger partial charge in [0.1, 0.15) is 0 Å². The molecule has 0 unspecified atom stereocenters. The van der Waals surface area contributed by atoms with Crippen LogP contribution in [0.3, 0.4) is 0 Å². The van der Waals surface area contributed by atoms with Gasteiger partial charge >= 0.3 is 0 Å². The zero-order valence-corrected chi connectivity index (χ0v) is 27.7. The predicted molar refractivity (Wildman–Crippen MR) is 215 cm³/mol. The molecule has 0 aliphatic rings. The van der Waals surface area contributed by atoms with Crippen LogP contribution in [0, 0.1) is 0 Å². The second-order valence-electron chi connectivity index (χ2n) is 13.4. The molecule has 0 spiro atoms. The molecule has 0 saturated heterocycles. The highest BCUT2D eigenvalue weighted by atomic mass is 15.0. The molecule has 0 amide bonds. The van der Waals surface area contributed by atoms with Crippen LogP contribution in [0.2, 0.25) is 0 Å². The maximum absolute atomic E-state index is 2.48. The van der Waals surface area contributed by atoms with Gasteiger partial charge in [-0.15, -0.1) is 0 Å². The maximum atomic E-state index is 2.48. The first-order valence-electron chi connectivity index (χ1n) is 17.5. The summed E-state index contributed by atoms with van der Waals surface area (Å²) in [5.41, 5.74) is 13.1. The molecule has 0 aliphatic carbocycles. The van der Waals surface area contributed by atoms with Crippen LogP contribution in [0.25, 0.3) is 93.6 Å². The number of nitrogens with zero attached hydrogens (tertiary/aromatic N) is 3. The molecule has 3 nitrogen and oxygen atoms in total. The molecular weight excluding hydrogens is 619 g/mol. The van der Waals surface area contributed by atoms with Gasteiger partial charge in [0.2, 0.25) is 0 Å². The van der Waals surface area contributed by atoms with Gasteiger partial charge in [0.15, 0.2) is 0 Å². The van der Waals surface area contributed by atoms with Crippen LogP contribution < -0.4 is 0 Å². The number of hydrogen-bond acceptors (Lipinski definition) is 0. The summed E-state index contributed by atoms with van der Waals surface area (Å²) in [7, 11) is 0. The van der Waals surface area contributed by atoms with Gasteiger partial charge in [-0.1, -0.05) is 121 Å². The van der Waals surface area contributed by atoms with Gasteiger partial charge in [-0.3, -0.25) is 0 Å². The van der Waals surface area contributed by atoms with Crippen LogP contribution in [0.15, 0.2) is 188 Å². The van der Waals surface area contributed by atoms with E-state index in [4.69, 9.17) is 0 Å². The van der Waals surface area contributed by atoms with E-state index in [9.17, 15) is 0 Å². The van der Waals surface area contributed by atoms with Crippen molar-refractivity contribution in [3.63, 3.8) is 0 Å². The number of aromatic nitrogens is 3. The van der Waals surface area contributed by atoms with E-state index in [2.05, 4.69) is 202 Å². The fourth-order valence-corrected chi connectivity index (χ4v) is 8.46. The van der Waals surface area contributed by atoms with E-state index in [-0.39, 0.29) is 0 Å². The van der Waals surface area contributed by atoms with Crippen molar-refractivity contribution in [2.45, 2.75) is 0 Å². The Morgan fingerprint density at radius 2 is 0.745 bits per heavy atom. The molecule has 0 saturated carbocycles. The van der Waals surface area contributed by atoms with Crippen LogP contribution in [-0.4, -0.2) is 13.7 Å². The minimum Gasteiger partial charge on any atom is -0.309 e. The predicted octanol–water partition coefficient (Wildman–Crippen LogP) is 12.6. The van der Waals surface area contributed by atoms with E-state index in [1.807, 2.05) is 0 Å². The van der Waals surface area contributed by atoms with Gasteiger partial charge in [-0.2, -0.15) is 0 Å². The van der Waals surface area contributed by atoms with Crippen LogP contribution in [0.1, 0.15) is 0 Å². The topological polar surface area (TPSA) is 14.8 Å². The Balaban J connectivity index is 1.19. The molecule has 0 radical (unpaired) electrons. The van der Waals surface area contributed by atoms with Crippen molar-refractivity contribution < 1.29 is 0 Å². The molecule has 11 aromatic rings. The Labute approximate surface area is 294 Å². The van der Waals surface area contributed by atoms with Crippen molar-refractivity contribution >= 4 is 65.4 Å². The van der Waals surface area contributed by atoms with E-state index in [1.165, 1.54) is 76.5 Å². The molecule has 0 N–H and O–H groups in total. The Morgan fingerprint density at radius 3 is 1.43 bits per heavy atom.